The summed E-state index contributed by atoms with van der Waals surface area (Å²) in [6, 6.07) is 3.73. The lowest BCUT2D eigenvalue weighted by Gasteiger charge is -2.15. The van der Waals surface area contributed by atoms with Crippen LogP contribution in [0.4, 0.5) is 13.2 Å². The normalized spacial score (nSPS) is 16.8. The number of hydrogen-bond donors (Lipinski definition) is 1. The summed E-state index contributed by atoms with van der Waals surface area (Å²) in [6.45, 7) is 0.488. The SMILES string of the molecule is O=C(NCC1CCCCCC1)c1cn(Cl)c2cccc(C(F)(F)F)c12. The highest BCUT2D eigenvalue weighted by molar-refractivity contribution is 6.22. The average molecular weight is 373 g/mol. The summed E-state index contributed by atoms with van der Waals surface area (Å²) in [5.74, 6) is -0.122. The summed E-state index contributed by atoms with van der Waals surface area (Å²) >= 11 is 5.98. The lowest BCUT2D eigenvalue weighted by atomic mass is 10.00. The first kappa shape index (κ1) is 18.1. The second-order valence-corrected chi connectivity index (χ2v) is 6.98. The van der Waals surface area contributed by atoms with E-state index in [0.717, 1.165) is 35.8 Å². The molecule has 2 aromatic rings. The molecule has 7 heteroatoms. The van der Waals surface area contributed by atoms with Crippen LogP contribution >= 0.6 is 11.8 Å². The zero-order valence-corrected chi connectivity index (χ0v) is 14.5. The van der Waals surface area contributed by atoms with Crippen molar-refractivity contribution in [3.05, 3.63) is 35.5 Å². The Labute approximate surface area is 149 Å². The molecule has 1 aliphatic carbocycles. The summed E-state index contributed by atoms with van der Waals surface area (Å²) in [6.07, 6.45) is 3.49. The summed E-state index contributed by atoms with van der Waals surface area (Å²) < 4.78 is 41.0. The van der Waals surface area contributed by atoms with Crippen LogP contribution < -0.4 is 5.32 Å². The molecule has 0 saturated heterocycles. The van der Waals surface area contributed by atoms with Crippen molar-refractivity contribution in [2.75, 3.05) is 6.54 Å². The number of amides is 1. The van der Waals surface area contributed by atoms with Gasteiger partial charge in [-0.15, -0.1) is 0 Å². The number of rotatable bonds is 3. The molecule has 1 N–H and O–H groups in total. The zero-order valence-electron chi connectivity index (χ0n) is 13.7. The van der Waals surface area contributed by atoms with E-state index in [4.69, 9.17) is 11.8 Å². The zero-order chi connectivity index (χ0) is 18.0. The number of carbonyl (C=O) groups is 1. The average Bonchev–Trinajstić information content (AvgIpc) is 2.75. The van der Waals surface area contributed by atoms with Crippen LogP contribution in [0.25, 0.3) is 10.9 Å². The summed E-state index contributed by atoms with van der Waals surface area (Å²) in [7, 11) is 0. The minimum atomic E-state index is -4.55. The van der Waals surface area contributed by atoms with Crippen molar-refractivity contribution in [2.24, 2.45) is 5.92 Å². The highest BCUT2D eigenvalue weighted by Crippen LogP contribution is 2.37. The van der Waals surface area contributed by atoms with Crippen molar-refractivity contribution in [1.29, 1.82) is 0 Å². The third-order valence-electron chi connectivity index (χ3n) is 4.86. The summed E-state index contributed by atoms with van der Waals surface area (Å²) in [4.78, 5) is 12.5. The molecule has 1 aromatic heterocycles. The van der Waals surface area contributed by atoms with Crippen LogP contribution in [0.15, 0.2) is 24.4 Å². The van der Waals surface area contributed by atoms with E-state index in [1.807, 2.05) is 0 Å². The number of carbonyl (C=O) groups excluding carboxylic acids is 1. The Balaban J connectivity index is 1.86. The molecule has 0 aliphatic heterocycles. The fourth-order valence-electron chi connectivity index (χ4n) is 3.56. The van der Waals surface area contributed by atoms with Crippen molar-refractivity contribution < 1.29 is 18.0 Å². The molecule has 136 valence electrons. The van der Waals surface area contributed by atoms with Gasteiger partial charge in [-0.1, -0.05) is 31.7 Å². The maximum absolute atomic E-state index is 13.3. The van der Waals surface area contributed by atoms with Gasteiger partial charge in [-0.3, -0.25) is 8.88 Å². The summed E-state index contributed by atoms with van der Waals surface area (Å²) in [5.41, 5.74) is -0.702. The Morgan fingerprint density at radius 3 is 2.52 bits per heavy atom. The molecule has 25 heavy (non-hydrogen) atoms. The quantitative estimate of drug-likeness (QED) is 0.723. The van der Waals surface area contributed by atoms with Gasteiger partial charge in [-0.2, -0.15) is 13.2 Å². The number of nitrogens with zero attached hydrogens (tertiary/aromatic N) is 1. The van der Waals surface area contributed by atoms with Crippen LogP contribution in [0.3, 0.4) is 0 Å². The lowest BCUT2D eigenvalue weighted by Crippen LogP contribution is -2.29. The monoisotopic (exact) mass is 372 g/mol. The van der Waals surface area contributed by atoms with E-state index in [-0.39, 0.29) is 16.5 Å². The molecular formula is C18H20ClF3N2O. The Bertz CT molecular complexity index is 762. The standard InChI is InChI=1S/C18H20ClF3N2O/c19-24-11-13(16-14(18(20,21)22)8-5-9-15(16)24)17(25)23-10-12-6-3-1-2-4-7-12/h5,8-9,11-12H,1-4,6-7,10H2,(H,23,25). The smallest absolute Gasteiger partial charge is 0.352 e. The molecule has 0 bridgehead atoms. The minimum absolute atomic E-state index is 0.0356. The van der Waals surface area contributed by atoms with Crippen LogP contribution in [0.2, 0.25) is 0 Å². The molecular weight excluding hydrogens is 353 g/mol. The number of aromatic nitrogens is 1. The number of benzene rings is 1. The number of nitrogens with one attached hydrogen (secondary N) is 1. The Morgan fingerprint density at radius 1 is 1.20 bits per heavy atom. The van der Waals surface area contributed by atoms with Crippen LogP contribution in [-0.4, -0.2) is 16.5 Å². The maximum Gasteiger partial charge on any atom is 0.417 e. The van der Waals surface area contributed by atoms with E-state index in [1.54, 1.807) is 0 Å². The number of alkyl halides is 3. The van der Waals surface area contributed by atoms with E-state index in [2.05, 4.69) is 5.32 Å². The van der Waals surface area contributed by atoms with Gasteiger partial charge in [0.05, 0.1) is 16.6 Å². The molecule has 3 rings (SSSR count). The highest BCUT2D eigenvalue weighted by atomic mass is 35.5. The number of fused-ring (bicyclic) bond motifs is 1. The van der Waals surface area contributed by atoms with Gasteiger partial charge in [0, 0.05) is 29.9 Å². The lowest BCUT2D eigenvalue weighted by molar-refractivity contribution is -0.136. The predicted octanol–water partition coefficient (Wildman–Crippen LogP) is 5.36. The third kappa shape index (κ3) is 3.94. The second kappa shape index (κ2) is 7.28. The van der Waals surface area contributed by atoms with Gasteiger partial charge in [0.2, 0.25) is 0 Å². The molecule has 0 atom stereocenters. The minimum Gasteiger partial charge on any atom is -0.352 e. The Kier molecular flexibility index (Phi) is 5.27. The fraction of sp³-hybridized carbons (Fsp3) is 0.500. The molecule has 1 saturated carbocycles. The van der Waals surface area contributed by atoms with Crippen LogP contribution in [0.1, 0.15) is 54.4 Å². The first-order valence-corrected chi connectivity index (χ1v) is 8.87. The molecule has 1 aliphatic rings. The first-order chi connectivity index (χ1) is 11.9. The molecule has 0 spiro atoms. The topological polar surface area (TPSA) is 34.0 Å². The fourth-order valence-corrected chi connectivity index (χ4v) is 3.80. The predicted molar refractivity (Wildman–Crippen MR) is 91.7 cm³/mol. The molecule has 1 aromatic carbocycles. The molecule has 1 heterocycles. The third-order valence-corrected chi connectivity index (χ3v) is 5.14. The molecule has 1 fully saturated rings. The van der Waals surface area contributed by atoms with Crippen molar-refractivity contribution in [1.82, 2.24) is 9.40 Å². The van der Waals surface area contributed by atoms with E-state index in [1.165, 1.54) is 31.2 Å². The molecule has 0 radical (unpaired) electrons. The van der Waals surface area contributed by atoms with Crippen LogP contribution in [0.5, 0.6) is 0 Å². The van der Waals surface area contributed by atoms with Crippen molar-refractivity contribution in [2.45, 2.75) is 44.7 Å². The van der Waals surface area contributed by atoms with Gasteiger partial charge < -0.3 is 5.32 Å². The molecule has 3 nitrogen and oxygen atoms in total. The Hall–Kier alpha value is -1.69. The van der Waals surface area contributed by atoms with Gasteiger partial charge in [0.25, 0.3) is 5.91 Å². The first-order valence-electron chi connectivity index (χ1n) is 8.53. The van der Waals surface area contributed by atoms with Gasteiger partial charge in [-0.05, 0) is 30.9 Å². The van der Waals surface area contributed by atoms with Crippen LogP contribution in [-0.2, 0) is 6.18 Å². The Morgan fingerprint density at radius 2 is 1.88 bits per heavy atom. The van der Waals surface area contributed by atoms with Crippen molar-refractivity contribution >= 4 is 28.6 Å². The largest absolute Gasteiger partial charge is 0.417 e. The van der Waals surface area contributed by atoms with E-state index < -0.39 is 17.6 Å². The van der Waals surface area contributed by atoms with E-state index in [9.17, 15) is 18.0 Å². The highest BCUT2D eigenvalue weighted by Gasteiger charge is 2.35. The van der Waals surface area contributed by atoms with E-state index in [0.29, 0.717) is 12.5 Å². The maximum atomic E-state index is 13.3. The van der Waals surface area contributed by atoms with Gasteiger partial charge in [0.1, 0.15) is 0 Å². The van der Waals surface area contributed by atoms with Crippen molar-refractivity contribution in [3.63, 3.8) is 0 Å². The number of hydrogen-bond acceptors (Lipinski definition) is 1. The molecule has 1 amide bonds. The van der Waals surface area contributed by atoms with Gasteiger partial charge >= 0.3 is 6.18 Å². The van der Waals surface area contributed by atoms with Gasteiger partial charge in [-0.25, -0.2) is 0 Å². The van der Waals surface area contributed by atoms with Crippen LogP contribution in [0, 0.1) is 5.92 Å². The number of halogens is 4. The molecule has 0 unspecified atom stereocenters. The summed E-state index contributed by atoms with van der Waals surface area (Å²) in [5, 5.41) is 2.65. The second-order valence-electron chi connectivity index (χ2n) is 6.62. The van der Waals surface area contributed by atoms with Gasteiger partial charge in [0.15, 0.2) is 0 Å². The van der Waals surface area contributed by atoms with Crippen molar-refractivity contribution in [3.8, 4) is 0 Å². The van der Waals surface area contributed by atoms with E-state index >= 15 is 0 Å².